The molecule has 0 radical (unpaired) electrons. The maximum Gasteiger partial charge on any atom is 0.168 e. The SMILES string of the molecule is N[C@H]1C[C@@H]2CN(c3ccc(-c4cc(F)cc(F)c4F)nn3)[C@@H](CC3CC4(COC4)C3)[C@H]2C1. The fourth-order valence-electron chi connectivity index (χ4n) is 6.73. The second-order valence-corrected chi connectivity index (χ2v) is 10.4. The largest absolute Gasteiger partial charge is 0.380 e. The average molecular weight is 445 g/mol. The van der Waals surface area contributed by atoms with Gasteiger partial charge in [0, 0.05) is 35.7 Å². The summed E-state index contributed by atoms with van der Waals surface area (Å²) in [6.45, 7) is 2.69. The number of hydrogen-bond acceptors (Lipinski definition) is 5. The zero-order chi connectivity index (χ0) is 22.0. The van der Waals surface area contributed by atoms with Crippen LogP contribution in [0.2, 0.25) is 0 Å². The number of benzene rings is 1. The molecular weight excluding hydrogens is 417 g/mol. The van der Waals surface area contributed by atoms with Gasteiger partial charge in [0.1, 0.15) is 5.82 Å². The van der Waals surface area contributed by atoms with Crippen molar-refractivity contribution in [3.8, 4) is 11.3 Å². The number of anilines is 1. The maximum absolute atomic E-state index is 14.2. The van der Waals surface area contributed by atoms with Crippen LogP contribution >= 0.6 is 0 Å². The van der Waals surface area contributed by atoms with Crippen molar-refractivity contribution in [1.29, 1.82) is 0 Å². The van der Waals surface area contributed by atoms with Crippen LogP contribution in [0.1, 0.15) is 32.1 Å². The van der Waals surface area contributed by atoms with E-state index in [1.54, 1.807) is 12.1 Å². The number of hydrogen-bond donors (Lipinski definition) is 1. The third-order valence-electron chi connectivity index (χ3n) is 8.16. The van der Waals surface area contributed by atoms with E-state index < -0.39 is 17.5 Å². The van der Waals surface area contributed by atoms with Crippen molar-refractivity contribution in [2.75, 3.05) is 24.7 Å². The van der Waals surface area contributed by atoms with E-state index in [1.165, 1.54) is 12.8 Å². The molecule has 32 heavy (non-hydrogen) atoms. The Morgan fingerprint density at radius 1 is 1.09 bits per heavy atom. The molecule has 170 valence electrons. The van der Waals surface area contributed by atoms with Gasteiger partial charge in [-0.25, -0.2) is 13.2 Å². The molecule has 0 amide bonds. The average Bonchev–Trinajstić information content (AvgIpc) is 3.22. The molecule has 2 N–H and O–H groups in total. The Morgan fingerprint density at radius 3 is 2.59 bits per heavy atom. The normalized spacial score (nSPS) is 30.9. The lowest BCUT2D eigenvalue weighted by Gasteiger charge is -2.54. The van der Waals surface area contributed by atoms with E-state index in [-0.39, 0.29) is 17.3 Å². The van der Waals surface area contributed by atoms with Gasteiger partial charge in [-0.1, -0.05) is 0 Å². The summed E-state index contributed by atoms with van der Waals surface area (Å²) in [4.78, 5) is 2.34. The molecule has 2 aliphatic heterocycles. The van der Waals surface area contributed by atoms with Crippen molar-refractivity contribution >= 4 is 5.82 Å². The molecule has 0 unspecified atom stereocenters. The van der Waals surface area contributed by atoms with E-state index >= 15 is 0 Å². The highest BCUT2D eigenvalue weighted by Crippen LogP contribution is 2.54. The molecule has 8 heteroatoms. The lowest BCUT2D eigenvalue weighted by molar-refractivity contribution is -0.180. The molecule has 6 rings (SSSR count). The third kappa shape index (κ3) is 3.30. The standard InChI is InChI=1S/C24H27F3N4O/c25-15-5-18(23(27)19(26)6-15)20-1-2-22(30-29-20)31-10-14-4-16(28)7-17(14)21(31)3-13-8-24(9-13)11-32-12-24/h1-2,5-6,13-14,16-17,21H,3-4,7-12,28H2/t14-,16+,17+,21+/m1/s1. The molecule has 4 aliphatic rings. The highest BCUT2D eigenvalue weighted by atomic mass is 19.2. The van der Waals surface area contributed by atoms with Gasteiger partial charge < -0.3 is 15.4 Å². The van der Waals surface area contributed by atoms with Crippen molar-refractivity contribution in [1.82, 2.24) is 10.2 Å². The molecular formula is C24H27F3N4O. The Hall–Kier alpha value is -2.19. The minimum absolute atomic E-state index is 0.119. The van der Waals surface area contributed by atoms with Crippen molar-refractivity contribution in [2.24, 2.45) is 28.9 Å². The Kier molecular flexibility index (Phi) is 4.73. The van der Waals surface area contributed by atoms with Gasteiger partial charge in [0.2, 0.25) is 0 Å². The van der Waals surface area contributed by atoms with Crippen LogP contribution in [0.4, 0.5) is 19.0 Å². The molecule has 5 nitrogen and oxygen atoms in total. The summed E-state index contributed by atoms with van der Waals surface area (Å²) >= 11 is 0. The first-order valence-electron chi connectivity index (χ1n) is 11.5. The predicted molar refractivity (Wildman–Crippen MR) is 113 cm³/mol. The van der Waals surface area contributed by atoms with Crippen LogP contribution in [0, 0.1) is 40.6 Å². The number of rotatable bonds is 4. The highest BCUT2D eigenvalue weighted by molar-refractivity contribution is 5.61. The summed E-state index contributed by atoms with van der Waals surface area (Å²) in [6.07, 6.45) is 5.64. The summed E-state index contributed by atoms with van der Waals surface area (Å²) in [5.41, 5.74) is 6.62. The third-order valence-corrected chi connectivity index (χ3v) is 8.16. The molecule has 0 bridgehead atoms. The minimum atomic E-state index is -1.23. The monoisotopic (exact) mass is 444 g/mol. The van der Waals surface area contributed by atoms with Crippen LogP contribution in [0.15, 0.2) is 24.3 Å². The lowest BCUT2D eigenvalue weighted by atomic mass is 9.59. The minimum Gasteiger partial charge on any atom is -0.380 e. The van der Waals surface area contributed by atoms with Crippen molar-refractivity contribution in [3.63, 3.8) is 0 Å². The van der Waals surface area contributed by atoms with Crippen LogP contribution in [-0.2, 0) is 4.74 Å². The maximum atomic E-state index is 14.2. The van der Waals surface area contributed by atoms with Crippen molar-refractivity contribution in [2.45, 2.75) is 44.2 Å². The first kappa shape index (κ1) is 20.4. The number of ether oxygens (including phenoxy) is 1. The van der Waals surface area contributed by atoms with Crippen LogP contribution in [-0.4, -0.2) is 42.0 Å². The van der Waals surface area contributed by atoms with E-state index in [9.17, 15) is 13.2 Å². The van der Waals surface area contributed by atoms with Gasteiger partial charge in [-0.15, -0.1) is 10.2 Å². The molecule has 3 heterocycles. The second kappa shape index (κ2) is 7.42. The van der Waals surface area contributed by atoms with E-state index in [1.807, 2.05) is 0 Å². The zero-order valence-electron chi connectivity index (χ0n) is 17.8. The van der Waals surface area contributed by atoms with Crippen LogP contribution in [0.3, 0.4) is 0 Å². The Bertz CT molecular complexity index is 1020. The summed E-state index contributed by atoms with van der Waals surface area (Å²) < 4.78 is 46.8. The molecule has 1 aromatic carbocycles. The molecule has 4 atom stereocenters. The summed E-state index contributed by atoms with van der Waals surface area (Å²) in [6, 6.07) is 5.49. The summed E-state index contributed by atoms with van der Waals surface area (Å²) in [7, 11) is 0. The molecule has 4 fully saturated rings. The van der Waals surface area contributed by atoms with Gasteiger partial charge in [0.05, 0.1) is 18.9 Å². The molecule has 2 saturated carbocycles. The van der Waals surface area contributed by atoms with Crippen LogP contribution < -0.4 is 10.6 Å². The molecule has 1 aromatic heterocycles. The Balaban J connectivity index is 1.24. The Labute approximate surface area is 185 Å². The number of halogens is 3. The van der Waals surface area contributed by atoms with Crippen molar-refractivity contribution < 1.29 is 17.9 Å². The fourth-order valence-corrected chi connectivity index (χ4v) is 6.73. The number of fused-ring (bicyclic) bond motifs is 1. The molecule has 2 aliphatic carbocycles. The molecule has 2 aromatic rings. The van der Waals surface area contributed by atoms with Crippen molar-refractivity contribution in [3.05, 3.63) is 41.7 Å². The van der Waals surface area contributed by atoms with Crippen LogP contribution in [0.5, 0.6) is 0 Å². The first-order valence-corrected chi connectivity index (χ1v) is 11.5. The van der Waals surface area contributed by atoms with Gasteiger partial charge in [0.15, 0.2) is 17.5 Å². The predicted octanol–water partition coefficient (Wildman–Crippen LogP) is 3.92. The van der Waals surface area contributed by atoms with E-state index in [0.717, 1.165) is 50.9 Å². The lowest BCUT2D eigenvalue weighted by Crippen LogP contribution is -2.53. The summed E-state index contributed by atoms with van der Waals surface area (Å²) in [5, 5.41) is 8.49. The number of nitrogens with two attached hydrogens (primary N) is 1. The van der Waals surface area contributed by atoms with Gasteiger partial charge in [-0.2, -0.15) is 0 Å². The molecule has 1 spiro atoms. The van der Waals surface area contributed by atoms with Gasteiger partial charge >= 0.3 is 0 Å². The van der Waals surface area contributed by atoms with E-state index in [2.05, 4.69) is 15.1 Å². The summed E-state index contributed by atoms with van der Waals surface area (Å²) in [5.74, 6) is -0.662. The second-order valence-electron chi connectivity index (χ2n) is 10.4. The quantitative estimate of drug-likeness (QED) is 0.725. The van der Waals surface area contributed by atoms with Gasteiger partial charge in [-0.3, -0.25) is 0 Å². The van der Waals surface area contributed by atoms with E-state index in [4.69, 9.17) is 10.5 Å². The van der Waals surface area contributed by atoms with Gasteiger partial charge in [0.25, 0.3) is 0 Å². The van der Waals surface area contributed by atoms with Crippen LogP contribution in [0.25, 0.3) is 11.3 Å². The fraction of sp³-hybridized carbons (Fsp3) is 0.583. The molecule has 2 saturated heterocycles. The zero-order valence-corrected chi connectivity index (χ0v) is 17.8. The number of aromatic nitrogens is 2. The Morgan fingerprint density at radius 2 is 1.91 bits per heavy atom. The topological polar surface area (TPSA) is 64.3 Å². The number of nitrogens with zero attached hydrogens (tertiary/aromatic N) is 3. The first-order chi connectivity index (χ1) is 15.4. The smallest absolute Gasteiger partial charge is 0.168 e. The highest BCUT2D eigenvalue weighted by Gasteiger charge is 2.53. The van der Waals surface area contributed by atoms with E-state index in [0.29, 0.717) is 35.3 Å². The van der Waals surface area contributed by atoms with Gasteiger partial charge in [-0.05, 0) is 68.1 Å².